The second kappa shape index (κ2) is 6.22. The van der Waals surface area contributed by atoms with Crippen molar-refractivity contribution in [3.05, 3.63) is 58.4 Å². The van der Waals surface area contributed by atoms with Crippen molar-refractivity contribution in [2.45, 2.75) is 27.7 Å². The molecule has 2 aromatic carbocycles. The van der Waals surface area contributed by atoms with Crippen molar-refractivity contribution in [3.63, 3.8) is 0 Å². The van der Waals surface area contributed by atoms with Crippen molar-refractivity contribution in [2.75, 3.05) is 10.6 Å². The summed E-state index contributed by atoms with van der Waals surface area (Å²) >= 11 is 5.33. The van der Waals surface area contributed by atoms with Crippen molar-refractivity contribution < 1.29 is 4.39 Å². The first-order valence-electron chi connectivity index (χ1n) is 6.79. The molecule has 0 aliphatic rings. The maximum atomic E-state index is 13.3. The third-order valence-corrected chi connectivity index (χ3v) is 3.54. The van der Waals surface area contributed by atoms with E-state index in [0.29, 0.717) is 10.7 Å². The van der Waals surface area contributed by atoms with Crippen LogP contribution < -0.4 is 10.6 Å². The topological polar surface area (TPSA) is 24.1 Å². The van der Waals surface area contributed by atoms with Gasteiger partial charge in [0.1, 0.15) is 5.82 Å². The molecule has 21 heavy (non-hydrogen) atoms. The number of aryl methyl sites for hydroxylation is 4. The van der Waals surface area contributed by atoms with Gasteiger partial charge in [0.05, 0.1) is 0 Å². The Balaban J connectivity index is 2.13. The molecule has 0 aromatic heterocycles. The Kier molecular flexibility index (Phi) is 4.58. The van der Waals surface area contributed by atoms with Crippen molar-refractivity contribution in [2.24, 2.45) is 0 Å². The van der Waals surface area contributed by atoms with Crippen molar-refractivity contribution in [3.8, 4) is 0 Å². The van der Waals surface area contributed by atoms with Crippen LogP contribution in [0.5, 0.6) is 0 Å². The van der Waals surface area contributed by atoms with Gasteiger partial charge in [-0.05, 0) is 74.8 Å². The fraction of sp³-hybridized carbons (Fsp3) is 0.235. The summed E-state index contributed by atoms with van der Waals surface area (Å²) < 4.78 is 13.3. The number of anilines is 2. The third-order valence-electron chi connectivity index (χ3n) is 3.33. The van der Waals surface area contributed by atoms with Gasteiger partial charge in [-0.2, -0.15) is 0 Å². The first-order valence-corrected chi connectivity index (χ1v) is 7.19. The fourth-order valence-corrected chi connectivity index (χ4v) is 2.60. The van der Waals surface area contributed by atoms with E-state index in [-0.39, 0.29) is 5.82 Å². The van der Waals surface area contributed by atoms with Crippen LogP contribution in [0.3, 0.4) is 0 Å². The normalized spacial score (nSPS) is 10.3. The molecule has 0 bridgehead atoms. The van der Waals surface area contributed by atoms with Gasteiger partial charge < -0.3 is 10.6 Å². The highest BCUT2D eigenvalue weighted by Crippen LogP contribution is 2.22. The van der Waals surface area contributed by atoms with Gasteiger partial charge in [-0.1, -0.05) is 17.7 Å². The van der Waals surface area contributed by atoms with Crippen LogP contribution in [0.1, 0.15) is 22.3 Å². The summed E-state index contributed by atoms with van der Waals surface area (Å²) in [5.41, 5.74) is 5.89. The zero-order chi connectivity index (χ0) is 15.6. The molecule has 2 aromatic rings. The first kappa shape index (κ1) is 15.4. The van der Waals surface area contributed by atoms with E-state index < -0.39 is 0 Å². The molecule has 4 heteroatoms. The fourth-order valence-electron chi connectivity index (χ4n) is 2.38. The van der Waals surface area contributed by atoms with Gasteiger partial charge >= 0.3 is 0 Å². The maximum absolute atomic E-state index is 13.3. The minimum atomic E-state index is -0.218. The highest BCUT2D eigenvalue weighted by molar-refractivity contribution is 7.80. The Bertz CT molecular complexity index is 672. The Morgan fingerprint density at radius 3 is 2.10 bits per heavy atom. The number of hydrogen-bond donors (Lipinski definition) is 2. The van der Waals surface area contributed by atoms with E-state index in [2.05, 4.69) is 29.7 Å². The summed E-state index contributed by atoms with van der Waals surface area (Å²) in [5, 5.41) is 6.79. The molecule has 0 amide bonds. The molecule has 0 aliphatic heterocycles. The van der Waals surface area contributed by atoms with Crippen LogP contribution in [0.25, 0.3) is 0 Å². The van der Waals surface area contributed by atoms with E-state index in [4.69, 9.17) is 12.2 Å². The van der Waals surface area contributed by atoms with Crippen LogP contribution >= 0.6 is 12.2 Å². The molecule has 0 unspecified atom stereocenters. The van der Waals surface area contributed by atoms with E-state index in [9.17, 15) is 4.39 Å². The summed E-state index contributed by atoms with van der Waals surface area (Å²) in [6.07, 6.45) is 0. The highest BCUT2D eigenvalue weighted by Gasteiger charge is 2.07. The second-order valence-electron chi connectivity index (χ2n) is 5.32. The van der Waals surface area contributed by atoms with Gasteiger partial charge in [0, 0.05) is 11.4 Å². The molecule has 0 spiro atoms. The molecule has 0 fully saturated rings. The van der Waals surface area contributed by atoms with Crippen LogP contribution in [0.4, 0.5) is 15.8 Å². The average molecular weight is 302 g/mol. The lowest BCUT2D eigenvalue weighted by molar-refractivity contribution is 0.619. The predicted molar refractivity (Wildman–Crippen MR) is 91.6 cm³/mol. The number of benzene rings is 2. The predicted octanol–water partition coefficient (Wildman–Crippen LogP) is 4.87. The Hall–Kier alpha value is -1.94. The lowest BCUT2D eigenvalue weighted by Gasteiger charge is -2.16. The van der Waals surface area contributed by atoms with E-state index >= 15 is 0 Å². The quantitative estimate of drug-likeness (QED) is 0.774. The SMILES string of the molecule is Cc1cc(C)c(NC(=S)Nc2ccc(F)c(C)c2)c(C)c1. The van der Waals surface area contributed by atoms with Crippen LogP contribution in [-0.4, -0.2) is 5.11 Å². The lowest BCUT2D eigenvalue weighted by Crippen LogP contribution is -2.20. The summed E-state index contributed by atoms with van der Waals surface area (Å²) in [6, 6.07) is 9.06. The first-order chi connectivity index (χ1) is 9.86. The Labute approximate surface area is 130 Å². The highest BCUT2D eigenvalue weighted by atomic mass is 32.1. The summed E-state index contributed by atoms with van der Waals surface area (Å²) in [6.45, 7) is 7.90. The van der Waals surface area contributed by atoms with Gasteiger partial charge in [0.2, 0.25) is 0 Å². The minimum absolute atomic E-state index is 0.218. The molecule has 2 nitrogen and oxygen atoms in total. The molecule has 0 heterocycles. The van der Waals surface area contributed by atoms with E-state index in [0.717, 1.165) is 22.5 Å². The second-order valence-corrected chi connectivity index (χ2v) is 5.73. The van der Waals surface area contributed by atoms with Crippen molar-refractivity contribution >= 4 is 28.7 Å². The smallest absolute Gasteiger partial charge is 0.175 e. The molecule has 110 valence electrons. The van der Waals surface area contributed by atoms with E-state index in [1.807, 2.05) is 13.8 Å². The standard InChI is InChI=1S/C17H19FN2S/c1-10-7-12(3)16(13(4)8-10)20-17(21)19-14-5-6-15(18)11(2)9-14/h5-9H,1-4H3,(H2,19,20,21). The minimum Gasteiger partial charge on any atom is -0.332 e. The molecule has 2 rings (SSSR count). The van der Waals surface area contributed by atoms with Gasteiger partial charge in [-0.15, -0.1) is 0 Å². The number of nitrogens with one attached hydrogen (secondary N) is 2. The number of rotatable bonds is 2. The van der Waals surface area contributed by atoms with Gasteiger partial charge in [-0.3, -0.25) is 0 Å². The molecule has 0 saturated heterocycles. The Morgan fingerprint density at radius 1 is 0.905 bits per heavy atom. The summed E-state index contributed by atoms with van der Waals surface area (Å²) in [5.74, 6) is -0.218. The van der Waals surface area contributed by atoms with Crippen molar-refractivity contribution in [1.82, 2.24) is 0 Å². The molecular formula is C17H19FN2S. The van der Waals surface area contributed by atoms with Crippen LogP contribution in [0.2, 0.25) is 0 Å². The molecule has 0 aliphatic carbocycles. The lowest BCUT2D eigenvalue weighted by atomic mass is 10.1. The largest absolute Gasteiger partial charge is 0.332 e. The van der Waals surface area contributed by atoms with Crippen LogP contribution in [-0.2, 0) is 0 Å². The molecular weight excluding hydrogens is 283 g/mol. The zero-order valence-electron chi connectivity index (χ0n) is 12.7. The summed E-state index contributed by atoms with van der Waals surface area (Å²) in [7, 11) is 0. The average Bonchev–Trinajstić information content (AvgIpc) is 2.38. The van der Waals surface area contributed by atoms with E-state index in [1.165, 1.54) is 11.6 Å². The Morgan fingerprint density at radius 2 is 1.52 bits per heavy atom. The van der Waals surface area contributed by atoms with Crippen LogP contribution in [0.15, 0.2) is 30.3 Å². The van der Waals surface area contributed by atoms with Gasteiger partial charge in [-0.25, -0.2) is 4.39 Å². The molecule has 0 saturated carbocycles. The van der Waals surface area contributed by atoms with Crippen LogP contribution in [0, 0.1) is 33.5 Å². The molecule has 0 atom stereocenters. The third kappa shape index (κ3) is 3.79. The summed E-state index contributed by atoms with van der Waals surface area (Å²) in [4.78, 5) is 0. The molecule has 0 radical (unpaired) electrons. The van der Waals surface area contributed by atoms with Gasteiger partial charge in [0.15, 0.2) is 5.11 Å². The monoisotopic (exact) mass is 302 g/mol. The molecule has 2 N–H and O–H groups in total. The number of hydrogen-bond acceptors (Lipinski definition) is 1. The van der Waals surface area contributed by atoms with Gasteiger partial charge in [0.25, 0.3) is 0 Å². The van der Waals surface area contributed by atoms with Crippen molar-refractivity contribution in [1.29, 1.82) is 0 Å². The maximum Gasteiger partial charge on any atom is 0.175 e. The number of thiocarbonyl (C=S) groups is 1. The van der Waals surface area contributed by atoms with E-state index in [1.54, 1.807) is 19.1 Å². The number of halogens is 1. The zero-order valence-corrected chi connectivity index (χ0v) is 13.5.